The molecule has 5 heteroatoms. The van der Waals surface area contributed by atoms with Gasteiger partial charge in [0.1, 0.15) is 5.82 Å². The first-order valence-corrected chi connectivity index (χ1v) is 6.85. The molecular formula is C11H17N3P2. The Balaban J connectivity index is 1.85. The van der Waals surface area contributed by atoms with Crippen molar-refractivity contribution in [1.29, 1.82) is 0 Å². The average Bonchev–Trinajstić information content (AvgIpc) is 2.97. The summed E-state index contributed by atoms with van der Waals surface area (Å²) in [6.45, 7) is 3.25. The average molecular weight is 253 g/mol. The van der Waals surface area contributed by atoms with Crippen LogP contribution in [0.5, 0.6) is 0 Å². The van der Waals surface area contributed by atoms with Crippen molar-refractivity contribution in [2.75, 3.05) is 24.5 Å². The van der Waals surface area contributed by atoms with Crippen LogP contribution in [0.15, 0.2) is 12.3 Å². The summed E-state index contributed by atoms with van der Waals surface area (Å²) in [5.74, 6) is 1.13. The van der Waals surface area contributed by atoms with Gasteiger partial charge in [-0.1, -0.05) is 0 Å². The second kappa shape index (κ2) is 3.91. The Labute approximate surface area is 101 Å². The highest BCUT2D eigenvalue weighted by atomic mass is 31.0. The third kappa shape index (κ3) is 1.97. The Bertz CT molecular complexity index is 418. The molecule has 2 fully saturated rings. The van der Waals surface area contributed by atoms with Gasteiger partial charge >= 0.3 is 0 Å². The molecule has 16 heavy (non-hydrogen) atoms. The molecule has 2 unspecified atom stereocenters. The highest BCUT2D eigenvalue weighted by molar-refractivity contribution is 7.29. The lowest BCUT2D eigenvalue weighted by atomic mass is 10.2. The summed E-state index contributed by atoms with van der Waals surface area (Å²) in [7, 11) is 5.49. The number of piperazine rings is 1. The van der Waals surface area contributed by atoms with Crippen LogP contribution in [0.1, 0.15) is 12.8 Å². The zero-order chi connectivity index (χ0) is 11.2. The molecule has 0 radical (unpaired) electrons. The molecule has 1 aliphatic carbocycles. The molecule has 0 aromatic carbocycles. The smallest absolute Gasteiger partial charge is 0.135 e. The zero-order valence-corrected chi connectivity index (χ0v) is 11.5. The van der Waals surface area contributed by atoms with Crippen LogP contribution >= 0.6 is 18.5 Å². The molecule has 0 bridgehead atoms. The van der Waals surface area contributed by atoms with E-state index in [1.807, 2.05) is 6.20 Å². The highest BCUT2D eigenvalue weighted by Gasteiger charge is 2.45. The van der Waals surface area contributed by atoms with Gasteiger partial charge in [0.15, 0.2) is 0 Å². The van der Waals surface area contributed by atoms with Crippen molar-refractivity contribution in [2.45, 2.75) is 18.4 Å². The SMILES string of the molecule is Pc1cnc(N2CCNC3(CC3)C2)c(P)c1. The van der Waals surface area contributed by atoms with Crippen LogP contribution in [0.25, 0.3) is 0 Å². The molecule has 1 saturated heterocycles. The van der Waals surface area contributed by atoms with Crippen LogP contribution in [-0.4, -0.2) is 30.2 Å². The Morgan fingerprint density at radius 2 is 2.19 bits per heavy atom. The van der Waals surface area contributed by atoms with E-state index < -0.39 is 0 Å². The number of hydrogen-bond acceptors (Lipinski definition) is 3. The summed E-state index contributed by atoms with van der Waals surface area (Å²) in [5, 5.41) is 5.96. The van der Waals surface area contributed by atoms with Gasteiger partial charge in [-0.3, -0.25) is 0 Å². The summed E-state index contributed by atoms with van der Waals surface area (Å²) in [6, 6.07) is 2.15. The van der Waals surface area contributed by atoms with Crippen LogP contribution < -0.4 is 20.8 Å². The number of hydrogen-bond donors (Lipinski definition) is 1. The summed E-state index contributed by atoms with van der Waals surface area (Å²) < 4.78 is 0. The summed E-state index contributed by atoms with van der Waals surface area (Å²) in [6.07, 6.45) is 4.56. The lowest BCUT2D eigenvalue weighted by Crippen LogP contribution is -2.53. The molecule has 0 amide bonds. The first kappa shape index (κ1) is 10.9. The molecule has 3 nitrogen and oxygen atoms in total. The van der Waals surface area contributed by atoms with Gasteiger partial charge in [-0.05, 0) is 24.2 Å². The molecule has 1 N–H and O–H groups in total. The van der Waals surface area contributed by atoms with Gasteiger partial charge < -0.3 is 10.2 Å². The van der Waals surface area contributed by atoms with E-state index in [1.165, 1.54) is 18.1 Å². The fraction of sp³-hybridized carbons (Fsp3) is 0.545. The predicted molar refractivity (Wildman–Crippen MR) is 75.1 cm³/mol. The Kier molecular flexibility index (Phi) is 2.66. The van der Waals surface area contributed by atoms with Crippen molar-refractivity contribution in [3.63, 3.8) is 0 Å². The molecule has 1 aromatic rings. The lowest BCUT2D eigenvalue weighted by Gasteiger charge is -2.35. The van der Waals surface area contributed by atoms with E-state index in [0.29, 0.717) is 5.54 Å². The highest BCUT2D eigenvalue weighted by Crippen LogP contribution is 2.38. The normalized spacial score (nSPS) is 22.5. The maximum Gasteiger partial charge on any atom is 0.135 e. The molecule has 1 aromatic heterocycles. The number of anilines is 1. The van der Waals surface area contributed by atoms with E-state index in [9.17, 15) is 0 Å². The van der Waals surface area contributed by atoms with Crippen molar-refractivity contribution < 1.29 is 0 Å². The lowest BCUT2D eigenvalue weighted by molar-refractivity contribution is 0.441. The van der Waals surface area contributed by atoms with E-state index in [-0.39, 0.29) is 0 Å². The maximum absolute atomic E-state index is 4.55. The maximum atomic E-state index is 4.55. The van der Waals surface area contributed by atoms with E-state index >= 15 is 0 Å². The van der Waals surface area contributed by atoms with E-state index in [0.717, 1.165) is 30.8 Å². The number of nitrogens with one attached hydrogen (secondary N) is 1. The first-order valence-electron chi connectivity index (χ1n) is 5.70. The number of rotatable bonds is 1. The van der Waals surface area contributed by atoms with E-state index in [4.69, 9.17) is 0 Å². The fourth-order valence-electron chi connectivity index (χ4n) is 2.38. The second-order valence-corrected chi connectivity index (χ2v) is 6.10. The quantitative estimate of drug-likeness (QED) is 0.715. The molecule has 86 valence electrons. The molecule has 1 spiro atoms. The Morgan fingerprint density at radius 1 is 1.38 bits per heavy atom. The zero-order valence-electron chi connectivity index (χ0n) is 9.24. The van der Waals surface area contributed by atoms with E-state index in [2.05, 4.69) is 39.7 Å². The molecule has 1 saturated carbocycles. The Morgan fingerprint density at radius 3 is 2.88 bits per heavy atom. The van der Waals surface area contributed by atoms with Crippen LogP contribution in [-0.2, 0) is 0 Å². The number of nitrogens with zero attached hydrogens (tertiary/aromatic N) is 2. The van der Waals surface area contributed by atoms with Crippen LogP contribution in [0.2, 0.25) is 0 Å². The van der Waals surface area contributed by atoms with Gasteiger partial charge in [-0.25, -0.2) is 4.98 Å². The summed E-state index contributed by atoms with van der Waals surface area (Å²) in [5.41, 5.74) is 0.413. The second-order valence-electron chi connectivity index (χ2n) is 4.81. The van der Waals surface area contributed by atoms with Gasteiger partial charge in [-0.15, -0.1) is 18.5 Å². The third-order valence-electron chi connectivity index (χ3n) is 3.44. The molecule has 3 rings (SSSR count). The monoisotopic (exact) mass is 253 g/mol. The number of aromatic nitrogens is 1. The topological polar surface area (TPSA) is 28.2 Å². The molecule has 2 heterocycles. The van der Waals surface area contributed by atoms with Crippen molar-refractivity contribution in [3.05, 3.63) is 12.3 Å². The van der Waals surface area contributed by atoms with Gasteiger partial charge in [-0.2, -0.15) is 0 Å². The minimum Gasteiger partial charge on any atom is -0.353 e. The first-order chi connectivity index (χ1) is 7.69. The standard InChI is InChI=1S/C11H17N3P2/c15-8-5-9(16)10(12-6-8)14-4-3-13-11(7-14)1-2-11/h5-6,13H,1-4,7,15-16H2. The van der Waals surface area contributed by atoms with Gasteiger partial charge in [0.2, 0.25) is 0 Å². The largest absolute Gasteiger partial charge is 0.353 e. The van der Waals surface area contributed by atoms with Crippen molar-refractivity contribution in [2.24, 2.45) is 0 Å². The van der Waals surface area contributed by atoms with Gasteiger partial charge in [0.25, 0.3) is 0 Å². The fourth-order valence-corrected chi connectivity index (χ4v) is 3.27. The molecular weight excluding hydrogens is 236 g/mol. The van der Waals surface area contributed by atoms with Crippen molar-refractivity contribution >= 4 is 34.9 Å². The van der Waals surface area contributed by atoms with E-state index in [1.54, 1.807) is 0 Å². The van der Waals surface area contributed by atoms with Crippen molar-refractivity contribution in [3.8, 4) is 0 Å². The Hall–Kier alpha value is -0.230. The van der Waals surface area contributed by atoms with Gasteiger partial charge in [0, 0.05) is 36.7 Å². The summed E-state index contributed by atoms with van der Waals surface area (Å²) >= 11 is 0. The molecule has 2 aliphatic rings. The third-order valence-corrected chi connectivity index (χ3v) is 4.19. The minimum absolute atomic E-state index is 0.413. The number of pyridine rings is 1. The molecule has 1 aliphatic heterocycles. The molecule has 2 atom stereocenters. The van der Waals surface area contributed by atoms with Crippen LogP contribution in [0.3, 0.4) is 0 Å². The van der Waals surface area contributed by atoms with Crippen LogP contribution in [0, 0.1) is 0 Å². The predicted octanol–water partition coefficient (Wildman–Crippen LogP) is 0.0246. The van der Waals surface area contributed by atoms with Crippen LogP contribution in [0.4, 0.5) is 5.82 Å². The summed E-state index contributed by atoms with van der Waals surface area (Å²) in [4.78, 5) is 6.96. The van der Waals surface area contributed by atoms with Crippen molar-refractivity contribution in [1.82, 2.24) is 10.3 Å². The minimum atomic E-state index is 0.413. The van der Waals surface area contributed by atoms with Gasteiger partial charge in [0.05, 0.1) is 0 Å².